The van der Waals surface area contributed by atoms with Gasteiger partial charge in [0, 0.05) is 26.1 Å². The molecule has 0 aromatic heterocycles. The molecule has 2 aliphatic rings. The summed E-state index contributed by atoms with van der Waals surface area (Å²) >= 11 is 0. The Labute approximate surface area is 188 Å². The molecule has 31 heavy (non-hydrogen) atoms. The van der Waals surface area contributed by atoms with E-state index >= 15 is 0 Å². The van der Waals surface area contributed by atoms with E-state index in [4.69, 9.17) is 4.74 Å². The molecule has 1 saturated carbocycles. The van der Waals surface area contributed by atoms with Gasteiger partial charge in [-0.05, 0) is 50.2 Å². The third-order valence-electron chi connectivity index (χ3n) is 6.71. The Morgan fingerprint density at radius 3 is 2.42 bits per heavy atom. The SMILES string of the molecule is CC(C)C[C@H]1COc2ccccc2C(=O)N(C)CCCCN1C(=O)C1CCCCCC1. The van der Waals surface area contributed by atoms with Crippen molar-refractivity contribution in [3.8, 4) is 5.75 Å². The van der Waals surface area contributed by atoms with E-state index in [2.05, 4.69) is 18.7 Å². The van der Waals surface area contributed by atoms with Gasteiger partial charge < -0.3 is 14.5 Å². The summed E-state index contributed by atoms with van der Waals surface area (Å²) in [6, 6.07) is 7.54. The summed E-state index contributed by atoms with van der Waals surface area (Å²) in [6.07, 6.45) is 9.58. The van der Waals surface area contributed by atoms with Gasteiger partial charge in [-0.15, -0.1) is 0 Å². The van der Waals surface area contributed by atoms with Gasteiger partial charge in [0.25, 0.3) is 5.91 Å². The van der Waals surface area contributed by atoms with Crippen LogP contribution in [0.4, 0.5) is 0 Å². The first-order valence-corrected chi connectivity index (χ1v) is 12.2. The molecule has 0 spiro atoms. The number of carbonyl (C=O) groups excluding carboxylic acids is 2. The zero-order valence-electron chi connectivity index (χ0n) is 19.6. The first-order valence-electron chi connectivity index (χ1n) is 12.2. The van der Waals surface area contributed by atoms with Gasteiger partial charge in [0.15, 0.2) is 0 Å². The Morgan fingerprint density at radius 2 is 1.71 bits per heavy atom. The highest BCUT2D eigenvalue weighted by Crippen LogP contribution is 2.28. The molecule has 0 unspecified atom stereocenters. The largest absolute Gasteiger partial charge is 0.491 e. The normalized spacial score (nSPS) is 22.2. The number of rotatable bonds is 3. The molecule has 1 atom stereocenters. The fraction of sp³-hybridized carbons (Fsp3) is 0.692. The molecule has 172 valence electrons. The van der Waals surface area contributed by atoms with Gasteiger partial charge in [-0.1, -0.05) is 51.7 Å². The molecule has 5 nitrogen and oxygen atoms in total. The Balaban J connectivity index is 1.86. The van der Waals surface area contributed by atoms with Crippen LogP contribution in [0.3, 0.4) is 0 Å². The molecule has 1 aromatic rings. The van der Waals surface area contributed by atoms with Crippen LogP contribution in [0.15, 0.2) is 24.3 Å². The fourth-order valence-corrected chi connectivity index (χ4v) is 4.96. The molecule has 2 amide bonds. The summed E-state index contributed by atoms with van der Waals surface area (Å²) in [5.41, 5.74) is 0.607. The summed E-state index contributed by atoms with van der Waals surface area (Å²) < 4.78 is 6.24. The quantitative estimate of drug-likeness (QED) is 0.626. The monoisotopic (exact) mass is 428 g/mol. The van der Waals surface area contributed by atoms with E-state index in [1.807, 2.05) is 31.3 Å². The van der Waals surface area contributed by atoms with Crippen LogP contribution < -0.4 is 4.74 Å². The molecule has 0 bridgehead atoms. The number of hydrogen-bond donors (Lipinski definition) is 0. The third-order valence-corrected chi connectivity index (χ3v) is 6.71. The highest BCUT2D eigenvalue weighted by Gasteiger charge is 2.31. The van der Waals surface area contributed by atoms with Crippen LogP contribution >= 0.6 is 0 Å². The van der Waals surface area contributed by atoms with Gasteiger partial charge in [-0.25, -0.2) is 0 Å². The predicted molar refractivity (Wildman–Crippen MR) is 124 cm³/mol. The predicted octanol–water partition coefficient (Wildman–Crippen LogP) is 5.14. The zero-order chi connectivity index (χ0) is 22.2. The maximum Gasteiger partial charge on any atom is 0.257 e. The number of ether oxygens (including phenoxy) is 1. The minimum absolute atomic E-state index is 0.00275. The number of amides is 2. The van der Waals surface area contributed by atoms with Gasteiger partial charge in [0.2, 0.25) is 5.91 Å². The van der Waals surface area contributed by atoms with Gasteiger partial charge in [-0.3, -0.25) is 9.59 Å². The maximum absolute atomic E-state index is 13.7. The summed E-state index contributed by atoms with van der Waals surface area (Å²) in [5.74, 6) is 1.57. The van der Waals surface area contributed by atoms with Crippen LogP contribution in [0.5, 0.6) is 5.75 Å². The van der Waals surface area contributed by atoms with E-state index in [1.54, 1.807) is 4.90 Å². The molecule has 5 heteroatoms. The second-order valence-electron chi connectivity index (χ2n) is 9.74. The topological polar surface area (TPSA) is 49.9 Å². The third kappa shape index (κ3) is 6.47. The first kappa shape index (κ1) is 23.6. The summed E-state index contributed by atoms with van der Waals surface area (Å²) in [4.78, 5) is 30.5. The van der Waals surface area contributed by atoms with E-state index in [0.29, 0.717) is 36.3 Å². The standard InChI is InChI=1S/C26H40N2O3/c1-20(2)18-22-19-31-24-15-9-8-14-23(24)26(30)27(3)16-10-11-17-28(22)25(29)21-12-6-4-5-7-13-21/h8-9,14-15,20-22H,4-7,10-13,16-19H2,1-3H3/t22-/m0/s1. The summed E-state index contributed by atoms with van der Waals surface area (Å²) in [7, 11) is 1.85. The van der Waals surface area contributed by atoms with Gasteiger partial charge in [0.1, 0.15) is 12.4 Å². The molecule has 1 heterocycles. The fourth-order valence-electron chi connectivity index (χ4n) is 4.96. The van der Waals surface area contributed by atoms with Crippen molar-refractivity contribution in [3.05, 3.63) is 29.8 Å². The molecule has 0 saturated heterocycles. The Kier molecular flexibility index (Phi) is 8.79. The highest BCUT2D eigenvalue weighted by atomic mass is 16.5. The lowest BCUT2D eigenvalue weighted by Gasteiger charge is -2.36. The Morgan fingerprint density at radius 1 is 1.03 bits per heavy atom. The number of benzene rings is 1. The first-order chi connectivity index (χ1) is 15.0. The van der Waals surface area contributed by atoms with E-state index in [9.17, 15) is 9.59 Å². The van der Waals surface area contributed by atoms with Crippen LogP contribution in [0, 0.1) is 11.8 Å². The summed E-state index contributed by atoms with van der Waals surface area (Å²) in [5, 5.41) is 0. The van der Waals surface area contributed by atoms with Gasteiger partial charge in [-0.2, -0.15) is 0 Å². The molecule has 1 aliphatic carbocycles. The second kappa shape index (κ2) is 11.5. The van der Waals surface area contributed by atoms with Crippen LogP contribution in [0.2, 0.25) is 0 Å². The lowest BCUT2D eigenvalue weighted by Crippen LogP contribution is -2.48. The van der Waals surface area contributed by atoms with Crippen LogP contribution in [-0.4, -0.2) is 54.4 Å². The van der Waals surface area contributed by atoms with Crippen molar-refractivity contribution >= 4 is 11.8 Å². The van der Waals surface area contributed by atoms with Gasteiger partial charge >= 0.3 is 0 Å². The molecule has 1 fully saturated rings. The summed E-state index contributed by atoms with van der Waals surface area (Å²) in [6.45, 7) is 6.28. The molecule has 3 rings (SSSR count). The zero-order valence-corrected chi connectivity index (χ0v) is 19.6. The van der Waals surface area contributed by atoms with Crippen molar-refractivity contribution in [2.45, 2.75) is 77.7 Å². The van der Waals surface area contributed by atoms with E-state index in [-0.39, 0.29) is 17.9 Å². The lowest BCUT2D eigenvalue weighted by molar-refractivity contribution is -0.139. The minimum Gasteiger partial charge on any atom is -0.491 e. The van der Waals surface area contributed by atoms with E-state index in [1.165, 1.54) is 12.8 Å². The highest BCUT2D eigenvalue weighted by molar-refractivity contribution is 5.96. The average molecular weight is 429 g/mol. The Bertz CT molecular complexity index is 725. The molecule has 1 aromatic carbocycles. The number of fused-ring (bicyclic) bond motifs is 1. The van der Waals surface area contributed by atoms with Crippen molar-refractivity contribution in [2.24, 2.45) is 11.8 Å². The average Bonchev–Trinajstić information content (AvgIpc) is 3.05. The number of hydrogen-bond acceptors (Lipinski definition) is 3. The molecule has 0 N–H and O–H groups in total. The van der Waals surface area contributed by atoms with Crippen molar-refractivity contribution in [3.63, 3.8) is 0 Å². The molecule has 1 aliphatic heterocycles. The lowest BCUT2D eigenvalue weighted by atomic mass is 9.95. The van der Waals surface area contributed by atoms with E-state index < -0.39 is 0 Å². The maximum atomic E-state index is 13.7. The van der Waals surface area contributed by atoms with E-state index in [0.717, 1.165) is 51.5 Å². The van der Waals surface area contributed by atoms with Crippen molar-refractivity contribution in [1.29, 1.82) is 0 Å². The number of carbonyl (C=O) groups is 2. The van der Waals surface area contributed by atoms with Crippen molar-refractivity contribution in [2.75, 3.05) is 26.7 Å². The second-order valence-corrected chi connectivity index (χ2v) is 9.74. The smallest absolute Gasteiger partial charge is 0.257 e. The number of nitrogens with zero attached hydrogens (tertiary/aromatic N) is 2. The molecule has 0 radical (unpaired) electrons. The van der Waals surface area contributed by atoms with Crippen LogP contribution in [-0.2, 0) is 4.79 Å². The minimum atomic E-state index is 0.00275. The number of para-hydroxylation sites is 1. The van der Waals surface area contributed by atoms with Crippen LogP contribution in [0.25, 0.3) is 0 Å². The molecular weight excluding hydrogens is 388 g/mol. The Hall–Kier alpha value is -2.04. The van der Waals surface area contributed by atoms with Crippen LogP contribution in [0.1, 0.15) is 82.0 Å². The van der Waals surface area contributed by atoms with Crippen molar-refractivity contribution < 1.29 is 14.3 Å². The van der Waals surface area contributed by atoms with Crippen molar-refractivity contribution in [1.82, 2.24) is 9.80 Å². The molecular formula is C26H40N2O3. The van der Waals surface area contributed by atoms with Gasteiger partial charge in [0.05, 0.1) is 11.6 Å².